The lowest BCUT2D eigenvalue weighted by Crippen LogP contribution is -2.40. The topological polar surface area (TPSA) is 38.9 Å². The Balaban J connectivity index is 1.85. The Bertz CT molecular complexity index is 568. The molecule has 0 saturated heterocycles. The molecule has 2 aromatic heterocycles. The molecule has 0 aliphatic heterocycles. The largest absolute Gasteiger partial charge is 0.319 e. The molecule has 1 aliphatic carbocycles. The Morgan fingerprint density at radius 2 is 2.05 bits per heavy atom. The molecule has 0 bridgehead atoms. The fourth-order valence-electron chi connectivity index (χ4n) is 2.55. The molecule has 0 aromatic carbocycles. The lowest BCUT2D eigenvalue weighted by atomic mass is 9.78. The van der Waals surface area contributed by atoms with Gasteiger partial charge in [-0.2, -0.15) is 0 Å². The fraction of sp³-hybridized carbons (Fsp3) is 0.500. The summed E-state index contributed by atoms with van der Waals surface area (Å²) in [5, 5.41) is 5.34. The molecule has 19 heavy (non-hydrogen) atoms. The van der Waals surface area contributed by atoms with Crippen LogP contribution in [0.25, 0.3) is 10.6 Å². The first kappa shape index (κ1) is 13.7. The molecule has 1 fully saturated rings. The van der Waals surface area contributed by atoms with E-state index in [9.17, 15) is 0 Å². The number of thiophene rings is 1. The predicted molar refractivity (Wildman–Crippen MR) is 86.6 cm³/mol. The van der Waals surface area contributed by atoms with Crippen molar-refractivity contribution in [1.82, 2.24) is 4.98 Å². The molecule has 0 spiro atoms. The van der Waals surface area contributed by atoms with Crippen molar-refractivity contribution in [3.63, 3.8) is 0 Å². The van der Waals surface area contributed by atoms with E-state index >= 15 is 0 Å². The summed E-state index contributed by atoms with van der Waals surface area (Å²) in [7, 11) is 0. The van der Waals surface area contributed by atoms with Crippen molar-refractivity contribution in [1.29, 1.82) is 0 Å². The maximum atomic E-state index is 6.58. The Morgan fingerprint density at radius 3 is 2.68 bits per heavy atom. The van der Waals surface area contributed by atoms with Gasteiger partial charge in [0, 0.05) is 15.2 Å². The van der Waals surface area contributed by atoms with Gasteiger partial charge < -0.3 is 5.73 Å². The average Bonchev–Trinajstić information content (AvgIpc) is 3.02. The number of nitrogens with zero attached hydrogens (tertiary/aromatic N) is 1. The highest BCUT2D eigenvalue weighted by Gasteiger charge is 2.34. The smallest absolute Gasteiger partial charge is 0.113 e. The number of hydrogen-bond acceptors (Lipinski definition) is 4. The van der Waals surface area contributed by atoms with E-state index in [4.69, 9.17) is 10.7 Å². The number of nitrogens with two attached hydrogens (primary N) is 1. The van der Waals surface area contributed by atoms with Crippen molar-refractivity contribution in [2.45, 2.75) is 38.1 Å². The number of hydrogen-bond donors (Lipinski definition) is 1. The van der Waals surface area contributed by atoms with E-state index in [1.165, 1.54) is 17.7 Å². The van der Waals surface area contributed by atoms with Crippen molar-refractivity contribution in [3.05, 3.63) is 26.3 Å². The van der Waals surface area contributed by atoms with E-state index in [-0.39, 0.29) is 5.54 Å². The van der Waals surface area contributed by atoms with E-state index < -0.39 is 0 Å². The minimum absolute atomic E-state index is 0.191. The molecule has 5 heteroatoms. The molecule has 1 saturated carbocycles. The predicted octanol–water partition coefficient (Wildman–Crippen LogP) is 5.00. The summed E-state index contributed by atoms with van der Waals surface area (Å²) in [6.07, 6.45) is 4.57. The highest BCUT2D eigenvalue weighted by Crippen LogP contribution is 2.40. The molecule has 0 radical (unpaired) electrons. The van der Waals surface area contributed by atoms with Crippen LogP contribution in [0.5, 0.6) is 0 Å². The summed E-state index contributed by atoms with van der Waals surface area (Å²) >= 11 is 6.93. The molecule has 0 amide bonds. The minimum Gasteiger partial charge on any atom is -0.319 e. The average molecular weight is 357 g/mol. The molecule has 3 rings (SSSR count). The zero-order valence-electron chi connectivity index (χ0n) is 10.9. The summed E-state index contributed by atoms with van der Waals surface area (Å²) < 4.78 is 1.12. The maximum absolute atomic E-state index is 6.58. The first-order valence-corrected chi connectivity index (χ1v) is 9.11. The fourth-order valence-corrected chi connectivity index (χ4v) is 5.01. The van der Waals surface area contributed by atoms with Gasteiger partial charge in [-0.3, -0.25) is 0 Å². The summed E-state index contributed by atoms with van der Waals surface area (Å²) in [5.41, 5.74) is 7.46. The summed E-state index contributed by atoms with van der Waals surface area (Å²) in [6.45, 7) is 2.32. The Kier molecular flexibility index (Phi) is 3.82. The van der Waals surface area contributed by atoms with Crippen molar-refractivity contribution >= 4 is 38.6 Å². The van der Waals surface area contributed by atoms with Crippen molar-refractivity contribution < 1.29 is 0 Å². The van der Waals surface area contributed by atoms with Gasteiger partial charge in [-0.15, -0.1) is 22.7 Å². The summed E-state index contributed by atoms with van der Waals surface area (Å²) in [5.74, 6) is 0.810. The minimum atomic E-state index is -0.191. The molecular formula is C14H17BrN2S2. The third-order valence-electron chi connectivity index (χ3n) is 3.92. The molecule has 0 atom stereocenters. The van der Waals surface area contributed by atoms with E-state index in [0.717, 1.165) is 33.9 Å². The van der Waals surface area contributed by atoms with Gasteiger partial charge in [-0.05, 0) is 53.6 Å². The second kappa shape index (κ2) is 5.28. The van der Waals surface area contributed by atoms with Gasteiger partial charge in [-0.1, -0.05) is 6.92 Å². The highest BCUT2D eigenvalue weighted by atomic mass is 79.9. The van der Waals surface area contributed by atoms with Crippen LogP contribution in [0.4, 0.5) is 0 Å². The van der Waals surface area contributed by atoms with Crippen LogP contribution in [0.15, 0.2) is 21.3 Å². The van der Waals surface area contributed by atoms with Crippen LogP contribution < -0.4 is 5.73 Å². The lowest BCUT2D eigenvalue weighted by Gasteiger charge is -2.34. The van der Waals surface area contributed by atoms with Crippen LogP contribution >= 0.6 is 38.6 Å². The zero-order valence-corrected chi connectivity index (χ0v) is 14.1. The van der Waals surface area contributed by atoms with Crippen molar-refractivity contribution in [3.8, 4) is 10.6 Å². The Morgan fingerprint density at radius 1 is 1.32 bits per heavy atom. The van der Waals surface area contributed by atoms with E-state index in [1.807, 2.05) is 0 Å². The molecule has 2 nitrogen and oxygen atoms in total. The van der Waals surface area contributed by atoms with Crippen molar-refractivity contribution in [2.24, 2.45) is 11.7 Å². The second-order valence-corrected chi connectivity index (χ2v) is 8.19. The highest BCUT2D eigenvalue weighted by molar-refractivity contribution is 9.10. The molecule has 2 heterocycles. The second-order valence-electron chi connectivity index (χ2n) is 5.51. The number of aromatic nitrogens is 1. The van der Waals surface area contributed by atoms with Crippen LogP contribution in [0.3, 0.4) is 0 Å². The Hall–Kier alpha value is -0.230. The van der Waals surface area contributed by atoms with Gasteiger partial charge >= 0.3 is 0 Å². The van der Waals surface area contributed by atoms with Crippen LogP contribution in [0, 0.1) is 5.92 Å². The number of rotatable bonds is 2. The van der Waals surface area contributed by atoms with Gasteiger partial charge in [-0.25, -0.2) is 4.98 Å². The normalized spacial score (nSPS) is 27.6. The van der Waals surface area contributed by atoms with Crippen LogP contribution in [0.1, 0.15) is 37.6 Å². The molecule has 2 N–H and O–H groups in total. The molecule has 1 aliphatic rings. The number of halogens is 1. The summed E-state index contributed by atoms with van der Waals surface area (Å²) in [6, 6.07) is 2.12. The van der Waals surface area contributed by atoms with Gasteiger partial charge in [0.25, 0.3) is 0 Å². The van der Waals surface area contributed by atoms with Crippen LogP contribution in [-0.4, -0.2) is 4.98 Å². The lowest BCUT2D eigenvalue weighted by molar-refractivity contribution is 0.247. The Labute approximate surface area is 130 Å². The van der Waals surface area contributed by atoms with Crippen LogP contribution in [0.2, 0.25) is 0 Å². The van der Waals surface area contributed by atoms with Crippen molar-refractivity contribution in [2.75, 3.05) is 0 Å². The standard InChI is InChI=1S/C14H17BrN2S2/c1-9-2-4-14(16,5-3-9)13-17-11(8-19-13)12-6-10(15)7-18-12/h6-9H,2-5,16H2,1H3. The summed E-state index contributed by atoms with van der Waals surface area (Å²) in [4.78, 5) is 6.01. The van der Waals surface area contributed by atoms with Gasteiger partial charge in [0.05, 0.1) is 16.1 Å². The molecular weight excluding hydrogens is 340 g/mol. The number of thiazole rings is 1. The van der Waals surface area contributed by atoms with E-state index in [2.05, 4.69) is 39.7 Å². The quantitative estimate of drug-likeness (QED) is 0.822. The van der Waals surface area contributed by atoms with E-state index in [0.29, 0.717) is 0 Å². The monoisotopic (exact) mass is 356 g/mol. The third-order valence-corrected chi connectivity index (χ3v) is 6.69. The van der Waals surface area contributed by atoms with Gasteiger partial charge in [0.1, 0.15) is 5.01 Å². The molecule has 2 aromatic rings. The first-order valence-electron chi connectivity index (χ1n) is 6.56. The SMILES string of the molecule is CC1CCC(N)(c2nc(-c3cc(Br)cs3)cs2)CC1. The maximum Gasteiger partial charge on any atom is 0.113 e. The zero-order chi connectivity index (χ0) is 13.5. The third kappa shape index (κ3) is 2.79. The van der Waals surface area contributed by atoms with E-state index in [1.54, 1.807) is 22.7 Å². The van der Waals surface area contributed by atoms with Crippen LogP contribution in [-0.2, 0) is 5.54 Å². The molecule has 102 valence electrons. The first-order chi connectivity index (χ1) is 9.07. The molecule has 0 unspecified atom stereocenters. The van der Waals surface area contributed by atoms with Gasteiger partial charge in [0.15, 0.2) is 0 Å². The van der Waals surface area contributed by atoms with Gasteiger partial charge in [0.2, 0.25) is 0 Å².